The second-order valence-corrected chi connectivity index (χ2v) is 14.7. The van der Waals surface area contributed by atoms with Crippen LogP contribution in [-0.2, 0) is 0 Å². The first kappa shape index (κ1) is 26.1. The lowest BCUT2D eigenvalue weighted by molar-refractivity contribution is -0.171. The number of halogens is 1. The Hall–Kier alpha value is -2.87. The van der Waals surface area contributed by atoms with Gasteiger partial charge in [0, 0.05) is 34.9 Å². The molecule has 5 unspecified atom stereocenters. The van der Waals surface area contributed by atoms with E-state index in [1.54, 1.807) is 0 Å². The summed E-state index contributed by atoms with van der Waals surface area (Å²) in [5, 5.41) is 8.37. The third-order valence-corrected chi connectivity index (χ3v) is 11.8. The Morgan fingerprint density at radius 1 is 1.05 bits per heavy atom. The number of benzene rings is 2. The topological polar surface area (TPSA) is 104 Å². The van der Waals surface area contributed by atoms with E-state index < -0.39 is 0 Å². The molecule has 208 valence electrons. The van der Waals surface area contributed by atoms with Crippen LogP contribution in [0.25, 0.3) is 22.3 Å². The van der Waals surface area contributed by atoms with Crippen molar-refractivity contribution in [3.05, 3.63) is 53.0 Å². The first-order valence-corrected chi connectivity index (χ1v) is 15.4. The Balaban J connectivity index is 1.27. The normalized spacial score (nSPS) is 33.7. The maximum absolute atomic E-state index is 7.53. The van der Waals surface area contributed by atoms with Gasteiger partial charge in [-0.15, -0.1) is 5.11 Å². The van der Waals surface area contributed by atoms with Crippen LogP contribution in [-0.4, -0.2) is 28.9 Å². The Morgan fingerprint density at radius 2 is 1.90 bits per heavy atom. The van der Waals surface area contributed by atoms with Crippen molar-refractivity contribution in [3.63, 3.8) is 0 Å². The average molecular weight is 601 g/mol. The van der Waals surface area contributed by atoms with Crippen LogP contribution in [0.4, 0.5) is 5.82 Å². The van der Waals surface area contributed by atoms with E-state index in [0.29, 0.717) is 46.3 Å². The fourth-order valence-electron chi connectivity index (χ4n) is 10.4. The van der Waals surface area contributed by atoms with Gasteiger partial charge in [0.05, 0.1) is 5.52 Å². The molecule has 40 heavy (non-hydrogen) atoms. The zero-order chi connectivity index (χ0) is 27.8. The lowest BCUT2D eigenvalue weighted by atomic mass is 9.38. The molecule has 7 rings (SSSR count). The smallest absolute Gasteiger partial charge is 0.171 e. The van der Waals surface area contributed by atoms with E-state index >= 15 is 0 Å². The molecule has 0 aliphatic heterocycles. The fourth-order valence-corrected chi connectivity index (χ4v) is 10.8. The third-order valence-electron chi connectivity index (χ3n) is 11.3. The molecule has 1 aromatic heterocycles. The van der Waals surface area contributed by atoms with Gasteiger partial charge in [0.2, 0.25) is 0 Å². The Morgan fingerprint density at radius 3 is 2.70 bits per heavy atom. The van der Waals surface area contributed by atoms with Gasteiger partial charge in [0.25, 0.3) is 0 Å². The molecule has 3 aromatic rings. The standard InChI is InChI=1S/C32H38BrN7/c1-29-15-21-16-30(2)20-31(18-29,32(30,17-21)19-29)11-13-40(12-10-26(38-34)39-35)28-24-8-3-4-9-25(24)36-27(37-28)22-6-5-7-23(33)14-22/h3-9,14,21,34H,10-13,15-20,35H2,1-2H3/b38-34?,39-26-. The number of hydrazone groups is 1. The van der Waals surface area contributed by atoms with Crippen molar-refractivity contribution in [2.75, 3.05) is 18.0 Å². The van der Waals surface area contributed by atoms with Gasteiger partial charge in [-0.1, -0.05) is 54.0 Å². The molecule has 4 aliphatic carbocycles. The van der Waals surface area contributed by atoms with Crippen molar-refractivity contribution in [1.29, 1.82) is 5.53 Å². The summed E-state index contributed by atoms with van der Waals surface area (Å²) in [6, 6.07) is 16.5. The van der Waals surface area contributed by atoms with Gasteiger partial charge in [-0.05, 0) is 96.8 Å². The van der Waals surface area contributed by atoms with Crippen LogP contribution in [0.15, 0.2) is 63.2 Å². The largest absolute Gasteiger partial charge is 0.356 e. The lowest BCUT2D eigenvalue weighted by Gasteiger charge is -2.66. The van der Waals surface area contributed by atoms with Crippen LogP contribution >= 0.6 is 15.9 Å². The zero-order valence-corrected chi connectivity index (χ0v) is 25.0. The molecule has 1 heterocycles. The van der Waals surface area contributed by atoms with Gasteiger partial charge >= 0.3 is 0 Å². The lowest BCUT2D eigenvalue weighted by Crippen LogP contribution is -2.59. The number of hydrogen-bond acceptors (Lipinski definition) is 6. The second-order valence-electron chi connectivity index (χ2n) is 13.8. The number of amidine groups is 1. The molecule has 4 fully saturated rings. The molecular formula is C32H38BrN7. The number of rotatable bonds is 8. The summed E-state index contributed by atoms with van der Waals surface area (Å²) in [6.45, 7) is 6.74. The maximum atomic E-state index is 7.53. The van der Waals surface area contributed by atoms with Crippen LogP contribution in [0.2, 0.25) is 0 Å². The van der Waals surface area contributed by atoms with E-state index in [9.17, 15) is 0 Å². The van der Waals surface area contributed by atoms with Crippen LogP contribution in [0, 0.1) is 33.1 Å². The van der Waals surface area contributed by atoms with Crippen molar-refractivity contribution < 1.29 is 0 Å². The SMILES string of the molecule is CC12CC3CC4(C)CC(CCN(CC/C(N=N)=N/N)c5nc(-c6cccc(Br)c6)nc6ccccc56)(C1)C4(C3)C2. The Kier molecular flexibility index (Phi) is 5.91. The van der Waals surface area contributed by atoms with E-state index in [1.165, 1.54) is 44.9 Å². The third kappa shape index (κ3) is 3.77. The average Bonchev–Trinajstić information content (AvgIpc) is 3.20. The summed E-state index contributed by atoms with van der Waals surface area (Å²) in [5.74, 6) is 8.50. The highest BCUT2D eigenvalue weighted by Gasteiger charge is 2.80. The van der Waals surface area contributed by atoms with Crippen LogP contribution in [0.5, 0.6) is 0 Å². The number of fused-ring (bicyclic) bond motifs is 3. The number of hydrogen-bond donors (Lipinski definition) is 2. The molecule has 7 nitrogen and oxygen atoms in total. The van der Waals surface area contributed by atoms with Crippen LogP contribution < -0.4 is 10.7 Å². The highest BCUT2D eigenvalue weighted by atomic mass is 79.9. The van der Waals surface area contributed by atoms with Crippen molar-refractivity contribution in [2.45, 2.75) is 65.2 Å². The summed E-state index contributed by atoms with van der Waals surface area (Å²) < 4.78 is 1.00. The van der Waals surface area contributed by atoms with Crippen molar-refractivity contribution >= 4 is 38.5 Å². The minimum atomic E-state index is 0.353. The molecule has 5 atom stereocenters. The predicted molar refractivity (Wildman–Crippen MR) is 163 cm³/mol. The number of anilines is 1. The molecule has 3 N–H and O–H groups in total. The summed E-state index contributed by atoms with van der Waals surface area (Å²) in [6.07, 6.45) is 10.1. The van der Waals surface area contributed by atoms with E-state index in [2.05, 4.69) is 75.2 Å². The van der Waals surface area contributed by atoms with Gasteiger partial charge in [0.1, 0.15) is 5.82 Å². The quantitative estimate of drug-likeness (QED) is 0.0901. The molecule has 4 aliphatic rings. The molecule has 8 heteroatoms. The predicted octanol–water partition coefficient (Wildman–Crippen LogP) is 7.95. The highest BCUT2D eigenvalue weighted by molar-refractivity contribution is 9.10. The maximum Gasteiger partial charge on any atom is 0.171 e. The number of aromatic nitrogens is 2. The highest BCUT2D eigenvalue weighted by Crippen LogP contribution is 2.89. The number of nitrogens with two attached hydrogens (primary N) is 1. The van der Waals surface area contributed by atoms with E-state index in [1.807, 2.05) is 18.2 Å². The number of para-hydroxylation sites is 1. The molecule has 0 amide bonds. The zero-order valence-electron chi connectivity index (χ0n) is 23.5. The van der Waals surface area contributed by atoms with E-state index in [0.717, 1.165) is 39.2 Å². The van der Waals surface area contributed by atoms with Gasteiger partial charge in [0.15, 0.2) is 11.7 Å². The molecular weight excluding hydrogens is 562 g/mol. The molecule has 1 spiro atoms. The molecule has 0 radical (unpaired) electrons. The van der Waals surface area contributed by atoms with Crippen molar-refractivity contribution in [3.8, 4) is 11.4 Å². The minimum Gasteiger partial charge on any atom is -0.356 e. The summed E-state index contributed by atoms with van der Waals surface area (Å²) in [4.78, 5) is 12.6. The first-order chi connectivity index (χ1) is 19.2. The number of nitrogens with one attached hydrogen (secondary N) is 1. The Labute approximate surface area is 244 Å². The number of nitrogens with zero attached hydrogens (tertiary/aromatic N) is 5. The second kappa shape index (κ2) is 9.07. The van der Waals surface area contributed by atoms with Crippen molar-refractivity contribution in [1.82, 2.24) is 9.97 Å². The summed E-state index contributed by atoms with van der Waals surface area (Å²) in [7, 11) is 0. The first-order valence-electron chi connectivity index (χ1n) is 14.6. The monoisotopic (exact) mass is 599 g/mol. The molecule has 3 bridgehead atoms. The molecule has 0 saturated heterocycles. The minimum absolute atomic E-state index is 0.353. The summed E-state index contributed by atoms with van der Waals surface area (Å²) >= 11 is 3.61. The summed E-state index contributed by atoms with van der Waals surface area (Å²) in [5.41, 5.74) is 11.4. The fraction of sp³-hybridized carbons (Fsp3) is 0.531. The van der Waals surface area contributed by atoms with E-state index in [4.69, 9.17) is 21.3 Å². The van der Waals surface area contributed by atoms with Gasteiger partial charge in [-0.3, -0.25) is 0 Å². The van der Waals surface area contributed by atoms with Gasteiger partial charge in [-0.2, -0.15) is 5.10 Å². The van der Waals surface area contributed by atoms with E-state index in [-0.39, 0.29) is 0 Å². The molecule has 4 saturated carbocycles. The van der Waals surface area contributed by atoms with Gasteiger partial charge < -0.3 is 10.7 Å². The van der Waals surface area contributed by atoms with Crippen LogP contribution in [0.3, 0.4) is 0 Å². The van der Waals surface area contributed by atoms with Crippen LogP contribution in [0.1, 0.15) is 65.2 Å². The molecule has 2 aromatic carbocycles. The van der Waals surface area contributed by atoms with Gasteiger partial charge in [-0.25, -0.2) is 15.5 Å². The van der Waals surface area contributed by atoms with Crippen molar-refractivity contribution in [2.24, 2.45) is 43.6 Å². The Bertz CT molecular complexity index is 1540.